The molecule has 0 fully saturated rings. The fraction of sp³-hybridized carbons (Fsp3) is 0.353. The Bertz CT molecular complexity index is 635. The highest BCUT2D eigenvalue weighted by molar-refractivity contribution is 5.45. The van der Waals surface area contributed by atoms with E-state index in [-0.39, 0.29) is 5.56 Å². The van der Waals surface area contributed by atoms with Crippen LogP contribution in [0.2, 0.25) is 0 Å². The van der Waals surface area contributed by atoms with E-state index in [1.807, 2.05) is 12.3 Å². The smallest absolute Gasteiger partial charge is 0.250 e. The van der Waals surface area contributed by atoms with E-state index in [4.69, 9.17) is 0 Å². The highest BCUT2D eigenvalue weighted by atomic mass is 16.1. The standard InChI is InChI=1S/C17H20N2O/c1-2-9-19-12-15(7-8-17(19)20)18-16-10-13-5-3-4-6-14(13)11-16/h3-8,12,16,18H,2,9-11H2,1H3. The molecule has 1 aliphatic carbocycles. The average molecular weight is 268 g/mol. The molecule has 0 aliphatic heterocycles. The molecular formula is C17H20N2O. The number of fused-ring (bicyclic) bond motifs is 1. The van der Waals surface area contributed by atoms with E-state index >= 15 is 0 Å². The third-order valence-electron chi connectivity index (χ3n) is 3.87. The van der Waals surface area contributed by atoms with Crippen molar-refractivity contribution in [2.75, 3.05) is 5.32 Å². The van der Waals surface area contributed by atoms with Crippen LogP contribution in [0.25, 0.3) is 0 Å². The normalized spacial score (nSPS) is 14.2. The lowest BCUT2D eigenvalue weighted by Crippen LogP contribution is -2.23. The fourth-order valence-electron chi connectivity index (χ4n) is 2.93. The van der Waals surface area contributed by atoms with Gasteiger partial charge in [-0.05, 0) is 36.5 Å². The maximum Gasteiger partial charge on any atom is 0.250 e. The summed E-state index contributed by atoms with van der Waals surface area (Å²) in [6.07, 6.45) is 5.03. The van der Waals surface area contributed by atoms with Crippen molar-refractivity contribution in [2.45, 2.75) is 38.8 Å². The Morgan fingerprint density at radius 2 is 1.85 bits per heavy atom. The van der Waals surface area contributed by atoms with E-state index in [9.17, 15) is 4.79 Å². The first-order valence-electron chi connectivity index (χ1n) is 7.30. The van der Waals surface area contributed by atoms with Crippen molar-refractivity contribution in [3.05, 3.63) is 64.1 Å². The van der Waals surface area contributed by atoms with Crippen molar-refractivity contribution in [3.8, 4) is 0 Å². The van der Waals surface area contributed by atoms with E-state index in [1.54, 1.807) is 10.6 Å². The van der Waals surface area contributed by atoms with Crippen LogP contribution in [0.15, 0.2) is 47.4 Å². The summed E-state index contributed by atoms with van der Waals surface area (Å²) < 4.78 is 1.78. The maximum absolute atomic E-state index is 11.7. The van der Waals surface area contributed by atoms with Crippen molar-refractivity contribution in [3.63, 3.8) is 0 Å². The van der Waals surface area contributed by atoms with Crippen LogP contribution in [-0.2, 0) is 19.4 Å². The molecule has 3 nitrogen and oxygen atoms in total. The van der Waals surface area contributed by atoms with Gasteiger partial charge in [0.25, 0.3) is 5.56 Å². The van der Waals surface area contributed by atoms with Crippen LogP contribution in [0, 0.1) is 0 Å². The summed E-state index contributed by atoms with van der Waals surface area (Å²) in [5, 5.41) is 3.55. The number of hydrogen-bond donors (Lipinski definition) is 1. The molecule has 3 rings (SSSR count). The number of benzene rings is 1. The number of anilines is 1. The largest absolute Gasteiger partial charge is 0.380 e. The Kier molecular flexibility index (Phi) is 3.59. The van der Waals surface area contributed by atoms with Crippen molar-refractivity contribution in [1.29, 1.82) is 0 Å². The van der Waals surface area contributed by atoms with E-state index < -0.39 is 0 Å². The minimum absolute atomic E-state index is 0.0760. The summed E-state index contributed by atoms with van der Waals surface area (Å²) in [7, 11) is 0. The molecule has 0 amide bonds. The van der Waals surface area contributed by atoms with Gasteiger partial charge in [0.05, 0.1) is 5.69 Å². The van der Waals surface area contributed by atoms with Crippen LogP contribution in [0.1, 0.15) is 24.5 Å². The summed E-state index contributed by atoms with van der Waals surface area (Å²) in [5.74, 6) is 0. The molecular weight excluding hydrogens is 248 g/mol. The van der Waals surface area contributed by atoms with Gasteiger partial charge in [0.15, 0.2) is 0 Å². The Morgan fingerprint density at radius 3 is 2.50 bits per heavy atom. The Hall–Kier alpha value is -2.03. The van der Waals surface area contributed by atoms with Crippen molar-refractivity contribution in [1.82, 2.24) is 4.57 Å². The minimum Gasteiger partial charge on any atom is -0.380 e. The molecule has 3 heteroatoms. The Balaban J connectivity index is 1.74. The zero-order valence-electron chi connectivity index (χ0n) is 11.8. The monoisotopic (exact) mass is 268 g/mol. The van der Waals surface area contributed by atoms with Crippen LogP contribution in [0.3, 0.4) is 0 Å². The minimum atomic E-state index is 0.0760. The molecule has 0 spiro atoms. The van der Waals surface area contributed by atoms with Crippen LogP contribution in [-0.4, -0.2) is 10.6 Å². The quantitative estimate of drug-likeness (QED) is 0.925. The summed E-state index contributed by atoms with van der Waals surface area (Å²) >= 11 is 0. The molecule has 1 aromatic heterocycles. The van der Waals surface area contributed by atoms with Gasteiger partial charge in [-0.2, -0.15) is 0 Å². The number of pyridine rings is 1. The second-order valence-electron chi connectivity index (χ2n) is 5.47. The molecule has 0 saturated heterocycles. The van der Waals surface area contributed by atoms with Gasteiger partial charge in [0, 0.05) is 24.8 Å². The van der Waals surface area contributed by atoms with Gasteiger partial charge in [-0.1, -0.05) is 31.2 Å². The maximum atomic E-state index is 11.7. The molecule has 20 heavy (non-hydrogen) atoms. The molecule has 1 aliphatic rings. The van der Waals surface area contributed by atoms with E-state index in [0.717, 1.165) is 31.5 Å². The number of aromatic nitrogens is 1. The fourth-order valence-corrected chi connectivity index (χ4v) is 2.93. The number of rotatable bonds is 4. The van der Waals surface area contributed by atoms with Crippen molar-refractivity contribution >= 4 is 5.69 Å². The SMILES string of the molecule is CCCn1cc(NC2Cc3ccccc3C2)ccc1=O. The zero-order chi connectivity index (χ0) is 13.9. The van der Waals surface area contributed by atoms with Gasteiger partial charge < -0.3 is 9.88 Å². The lowest BCUT2D eigenvalue weighted by atomic mass is 10.1. The summed E-state index contributed by atoms with van der Waals surface area (Å²) in [4.78, 5) is 11.7. The van der Waals surface area contributed by atoms with E-state index in [1.165, 1.54) is 11.1 Å². The van der Waals surface area contributed by atoms with Gasteiger partial charge in [0.2, 0.25) is 0 Å². The lowest BCUT2D eigenvalue weighted by Gasteiger charge is -2.15. The molecule has 1 N–H and O–H groups in total. The third-order valence-corrected chi connectivity index (χ3v) is 3.87. The van der Waals surface area contributed by atoms with E-state index in [2.05, 4.69) is 36.5 Å². The van der Waals surface area contributed by atoms with Crippen molar-refractivity contribution in [2.24, 2.45) is 0 Å². The summed E-state index contributed by atoms with van der Waals surface area (Å²) in [6, 6.07) is 12.6. The van der Waals surface area contributed by atoms with Gasteiger partial charge in [-0.3, -0.25) is 4.79 Å². The lowest BCUT2D eigenvalue weighted by molar-refractivity contribution is 0.653. The highest BCUT2D eigenvalue weighted by Gasteiger charge is 2.20. The van der Waals surface area contributed by atoms with E-state index in [0.29, 0.717) is 6.04 Å². The van der Waals surface area contributed by atoms with Crippen LogP contribution in [0.4, 0.5) is 5.69 Å². The molecule has 1 heterocycles. The number of nitrogens with one attached hydrogen (secondary N) is 1. The molecule has 0 saturated carbocycles. The first kappa shape index (κ1) is 13.0. The predicted octanol–water partition coefficient (Wildman–Crippen LogP) is 2.84. The number of hydrogen-bond acceptors (Lipinski definition) is 2. The molecule has 2 aromatic rings. The van der Waals surface area contributed by atoms with Crippen molar-refractivity contribution < 1.29 is 0 Å². The first-order chi connectivity index (χ1) is 9.76. The summed E-state index contributed by atoms with van der Waals surface area (Å²) in [6.45, 7) is 2.86. The van der Waals surface area contributed by atoms with Gasteiger partial charge in [-0.15, -0.1) is 0 Å². The second kappa shape index (κ2) is 5.53. The Morgan fingerprint density at radius 1 is 1.15 bits per heavy atom. The number of nitrogens with zero attached hydrogens (tertiary/aromatic N) is 1. The second-order valence-corrected chi connectivity index (χ2v) is 5.47. The van der Waals surface area contributed by atoms with Gasteiger partial charge in [0.1, 0.15) is 0 Å². The zero-order valence-corrected chi connectivity index (χ0v) is 11.8. The molecule has 104 valence electrons. The molecule has 1 aromatic carbocycles. The average Bonchev–Trinajstić information content (AvgIpc) is 2.85. The topological polar surface area (TPSA) is 34.0 Å². The van der Waals surface area contributed by atoms with Crippen LogP contribution >= 0.6 is 0 Å². The summed E-state index contributed by atoms with van der Waals surface area (Å²) in [5.41, 5.74) is 3.99. The third kappa shape index (κ3) is 2.62. The Labute approximate surface area is 119 Å². The highest BCUT2D eigenvalue weighted by Crippen LogP contribution is 2.24. The van der Waals surface area contributed by atoms with Gasteiger partial charge in [-0.25, -0.2) is 0 Å². The molecule has 0 bridgehead atoms. The molecule has 0 atom stereocenters. The first-order valence-corrected chi connectivity index (χ1v) is 7.30. The van der Waals surface area contributed by atoms with Gasteiger partial charge >= 0.3 is 0 Å². The molecule has 0 unspecified atom stereocenters. The predicted molar refractivity (Wildman–Crippen MR) is 82.3 cm³/mol. The molecule has 0 radical (unpaired) electrons. The number of aryl methyl sites for hydroxylation is 1. The van der Waals surface area contributed by atoms with Crippen LogP contribution in [0.5, 0.6) is 0 Å². The van der Waals surface area contributed by atoms with Crippen LogP contribution < -0.4 is 10.9 Å².